The van der Waals surface area contributed by atoms with Gasteiger partial charge < -0.3 is 19.9 Å². The molecular formula is C26H32F3N5O2. The molecule has 2 saturated heterocycles. The van der Waals surface area contributed by atoms with Gasteiger partial charge in [-0.3, -0.25) is 14.7 Å². The summed E-state index contributed by atoms with van der Waals surface area (Å²) in [5.41, 5.74) is 0.942. The Labute approximate surface area is 209 Å². The molecule has 194 valence electrons. The van der Waals surface area contributed by atoms with Crippen LogP contribution in [0.3, 0.4) is 0 Å². The summed E-state index contributed by atoms with van der Waals surface area (Å²) < 4.78 is 47.8. The van der Waals surface area contributed by atoms with Gasteiger partial charge >= 0.3 is 0 Å². The molecule has 4 heterocycles. The van der Waals surface area contributed by atoms with E-state index in [0.717, 1.165) is 0 Å². The van der Waals surface area contributed by atoms with Crippen LogP contribution in [0, 0.1) is 5.82 Å². The summed E-state index contributed by atoms with van der Waals surface area (Å²) in [6.07, 6.45) is -0.338. The molecule has 5 rings (SSSR count). The zero-order valence-corrected chi connectivity index (χ0v) is 20.8. The number of pyridine rings is 1. The van der Waals surface area contributed by atoms with Crippen molar-refractivity contribution in [2.24, 2.45) is 0 Å². The number of alkyl halides is 2. The maximum absolute atomic E-state index is 15.0. The number of piperazine rings is 1. The zero-order chi connectivity index (χ0) is 25.6. The van der Waals surface area contributed by atoms with E-state index in [4.69, 9.17) is 4.74 Å². The van der Waals surface area contributed by atoms with Crippen LogP contribution in [0.15, 0.2) is 30.5 Å². The smallest absolute Gasteiger partial charge is 0.259 e. The molecule has 3 aliphatic rings. The highest BCUT2D eigenvalue weighted by Gasteiger charge is 2.47. The Morgan fingerprint density at radius 3 is 2.78 bits per heavy atom. The average Bonchev–Trinajstić information content (AvgIpc) is 3.07. The van der Waals surface area contributed by atoms with Crippen molar-refractivity contribution >= 4 is 11.6 Å². The van der Waals surface area contributed by atoms with E-state index >= 15 is 4.39 Å². The number of likely N-dealkylation sites (N-methyl/N-ethyl adjacent to an activating group) is 1. The molecule has 10 heteroatoms. The summed E-state index contributed by atoms with van der Waals surface area (Å²) in [7, 11) is 1.70. The van der Waals surface area contributed by atoms with Crippen molar-refractivity contribution in [2.45, 2.75) is 44.3 Å². The van der Waals surface area contributed by atoms with Gasteiger partial charge in [0, 0.05) is 44.0 Å². The van der Waals surface area contributed by atoms with Crippen LogP contribution < -0.4 is 15.0 Å². The number of anilines is 1. The standard InChI is InChI=1S/C26H32F3N5O2/c1-26(2)20(32(3)14-21(28)29)8-10-34(26)23-22(17-6-4-5-7-19(17)27)31-13-18-24(23)36-15-16-12-30-9-11-33(16)25(18)35/h4-7,13,16,20-21,30H,8-12,14-15H2,1-3H3. The number of fused-ring (bicyclic) bond motifs is 2. The average molecular weight is 504 g/mol. The molecule has 1 aromatic heterocycles. The van der Waals surface area contributed by atoms with Crippen molar-refractivity contribution in [1.29, 1.82) is 0 Å². The molecule has 0 bridgehead atoms. The number of benzene rings is 1. The summed E-state index contributed by atoms with van der Waals surface area (Å²) >= 11 is 0. The number of carbonyl (C=O) groups is 1. The summed E-state index contributed by atoms with van der Waals surface area (Å²) in [5, 5.41) is 3.30. The van der Waals surface area contributed by atoms with Crippen molar-refractivity contribution in [1.82, 2.24) is 20.1 Å². The minimum absolute atomic E-state index is 0.125. The lowest BCUT2D eigenvalue weighted by atomic mass is 9.93. The van der Waals surface area contributed by atoms with E-state index in [-0.39, 0.29) is 24.5 Å². The Hall–Kier alpha value is -2.85. The fourth-order valence-electron chi connectivity index (χ4n) is 5.97. The Morgan fingerprint density at radius 1 is 1.25 bits per heavy atom. The fraction of sp³-hybridized carbons (Fsp3) is 0.538. The lowest BCUT2D eigenvalue weighted by Crippen LogP contribution is -2.54. The number of hydrogen-bond donors (Lipinski definition) is 1. The first-order valence-electron chi connectivity index (χ1n) is 12.4. The minimum Gasteiger partial charge on any atom is -0.488 e. The van der Waals surface area contributed by atoms with Crippen molar-refractivity contribution < 1.29 is 22.7 Å². The molecule has 2 unspecified atom stereocenters. The molecule has 2 fully saturated rings. The summed E-state index contributed by atoms with van der Waals surface area (Å²) in [6, 6.07) is 6.07. The predicted molar refractivity (Wildman–Crippen MR) is 131 cm³/mol. The molecule has 1 N–H and O–H groups in total. The molecule has 1 aromatic carbocycles. The maximum Gasteiger partial charge on any atom is 0.259 e. The van der Waals surface area contributed by atoms with Crippen LogP contribution in [0.4, 0.5) is 18.9 Å². The molecule has 2 atom stereocenters. The molecule has 2 aromatic rings. The second kappa shape index (κ2) is 9.55. The third-order valence-electron chi connectivity index (χ3n) is 7.76. The van der Waals surface area contributed by atoms with Gasteiger partial charge in [-0.1, -0.05) is 12.1 Å². The van der Waals surface area contributed by atoms with Gasteiger partial charge in [0.05, 0.1) is 18.1 Å². The first-order chi connectivity index (χ1) is 17.2. The largest absolute Gasteiger partial charge is 0.488 e. The number of aromatic nitrogens is 1. The Bertz CT molecular complexity index is 1140. The van der Waals surface area contributed by atoms with Crippen LogP contribution >= 0.6 is 0 Å². The number of rotatable bonds is 5. The molecule has 1 amide bonds. The van der Waals surface area contributed by atoms with Crippen molar-refractivity contribution in [2.75, 3.05) is 51.3 Å². The Kier molecular flexibility index (Phi) is 6.59. The maximum atomic E-state index is 15.0. The van der Waals surface area contributed by atoms with E-state index in [9.17, 15) is 13.6 Å². The highest BCUT2D eigenvalue weighted by atomic mass is 19.3. The zero-order valence-electron chi connectivity index (χ0n) is 20.8. The van der Waals surface area contributed by atoms with Gasteiger partial charge in [0.2, 0.25) is 0 Å². The van der Waals surface area contributed by atoms with Gasteiger partial charge in [0.1, 0.15) is 29.4 Å². The van der Waals surface area contributed by atoms with Crippen LogP contribution in [0.1, 0.15) is 30.6 Å². The van der Waals surface area contributed by atoms with E-state index in [1.807, 2.05) is 18.7 Å². The second-order valence-electron chi connectivity index (χ2n) is 10.3. The number of nitrogens with one attached hydrogen (secondary N) is 1. The van der Waals surface area contributed by atoms with E-state index < -0.39 is 17.8 Å². The number of hydrogen-bond acceptors (Lipinski definition) is 6. The van der Waals surface area contributed by atoms with Crippen molar-refractivity contribution in [3.63, 3.8) is 0 Å². The van der Waals surface area contributed by atoms with Crippen LogP contribution in [-0.2, 0) is 0 Å². The van der Waals surface area contributed by atoms with Crippen LogP contribution in [0.2, 0.25) is 0 Å². The van der Waals surface area contributed by atoms with E-state index in [1.165, 1.54) is 12.3 Å². The topological polar surface area (TPSA) is 60.9 Å². The summed E-state index contributed by atoms with van der Waals surface area (Å²) in [4.78, 5) is 23.8. The second-order valence-corrected chi connectivity index (χ2v) is 10.3. The van der Waals surface area contributed by atoms with Crippen molar-refractivity contribution in [3.8, 4) is 17.0 Å². The lowest BCUT2D eigenvalue weighted by Gasteiger charge is -2.42. The van der Waals surface area contributed by atoms with Gasteiger partial charge in [0.25, 0.3) is 12.3 Å². The Morgan fingerprint density at radius 2 is 2.03 bits per heavy atom. The molecule has 0 saturated carbocycles. The quantitative estimate of drug-likeness (QED) is 0.676. The van der Waals surface area contributed by atoms with Gasteiger partial charge in [-0.2, -0.15) is 0 Å². The normalized spacial score (nSPS) is 23.5. The number of nitrogens with zero attached hydrogens (tertiary/aromatic N) is 4. The molecule has 36 heavy (non-hydrogen) atoms. The van der Waals surface area contributed by atoms with Crippen LogP contribution in [0.5, 0.6) is 5.75 Å². The first kappa shape index (κ1) is 24.8. The lowest BCUT2D eigenvalue weighted by molar-refractivity contribution is 0.0606. The third-order valence-corrected chi connectivity index (χ3v) is 7.76. The molecular weight excluding hydrogens is 471 g/mol. The first-order valence-corrected chi connectivity index (χ1v) is 12.4. The SMILES string of the molecule is CN(CC(F)F)C1CCN(c2c(-c3ccccc3F)ncc3c2OCC2CNCCN2C3=O)C1(C)C. The highest BCUT2D eigenvalue weighted by Crippen LogP contribution is 2.48. The van der Waals surface area contributed by atoms with Gasteiger partial charge in [-0.15, -0.1) is 0 Å². The van der Waals surface area contributed by atoms with E-state index in [1.54, 1.807) is 30.1 Å². The summed E-state index contributed by atoms with van der Waals surface area (Å²) in [5.74, 6) is -0.213. The number of ether oxygens (including phenoxy) is 1. The molecule has 0 spiro atoms. The predicted octanol–water partition coefficient (Wildman–Crippen LogP) is 3.25. The molecule has 7 nitrogen and oxygen atoms in total. The van der Waals surface area contributed by atoms with E-state index in [2.05, 4.69) is 15.2 Å². The van der Waals surface area contributed by atoms with Crippen molar-refractivity contribution in [3.05, 3.63) is 41.8 Å². The van der Waals surface area contributed by atoms with E-state index in [0.29, 0.717) is 67.5 Å². The molecule has 3 aliphatic heterocycles. The van der Waals surface area contributed by atoms with Crippen LogP contribution in [-0.4, -0.2) is 91.1 Å². The Balaban J connectivity index is 1.66. The number of amides is 1. The van der Waals surface area contributed by atoms with Gasteiger partial charge in [0.15, 0.2) is 5.75 Å². The molecule has 0 aliphatic carbocycles. The van der Waals surface area contributed by atoms with Gasteiger partial charge in [-0.05, 0) is 39.4 Å². The fourth-order valence-corrected chi connectivity index (χ4v) is 5.97. The summed E-state index contributed by atoms with van der Waals surface area (Å²) in [6.45, 7) is 6.34. The third kappa shape index (κ3) is 4.20. The van der Waals surface area contributed by atoms with Crippen LogP contribution in [0.25, 0.3) is 11.3 Å². The monoisotopic (exact) mass is 503 g/mol. The highest BCUT2D eigenvalue weighted by molar-refractivity contribution is 6.01. The molecule has 0 radical (unpaired) electrons. The minimum atomic E-state index is -2.45. The van der Waals surface area contributed by atoms with Gasteiger partial charge in [-0.25, -0.2) is 13.2 Å². The number of carbonyl (C=O) groups excluding carboxylic acids is 1. The number of halogens is 3.